The van der Waals surface area contributed by atoms with Crippen LogP contribution in [0.25, 0.3) is 0 Å². The van der Waals surface area contributed by atoms with Crippen LogP contribution in [0.1, 0.15) is 153 Å². The van der Waals surface area contributed by atoms with Crippen LogP contribution in [0.2, 0.25) is 0 Å². The Bertz CT molecular complexity index is 1220. The summed E-state index contributed by atoms with van der Waals surface area (Å²) >= 11 is 0. The van der Waals surface area contributed by atoms with Gasteiger partial charge in [0.05, 0.1) is 0 Å². The molecule has 0 bridgehead atoms. The molecule has 298 valence electrons. The lowest BCUT2D eigenvalue weighted by molar-refractivity contribution is -0.131. The summed E-state index contributed by atoms with van der Waals surface area (Å²) in [5, 5.41) is 6.41. The summed E-state index contributed by atoms with van der Waals surface area (Å²) in [7, 11) is 3.85. The number of hydrogen-bond donors (Lipinski definition) is 2. The maximum atomic E-state index is 13.6. The van der Waals surface area contributed by atoms with Gasteiger partial charge in [-0.15, -0.1) is 0 Å². The second-order valence-electron chi connectivity index (χ2n) is 19.1. The zero-order valence-electron chi connectivity index (χ0n) is 34.5. The van der Waals surface area contributed by atoms with Crippen molar-refractivity contribution in [2.24, 2.45) is 34.5 Å². The minimum absolute atomic E-state index is 0.112. The van der Waals surface area contributed by atoms with Crippen molar-refractivity contribution in [2.45, 2.75) is 182 Å². The highest BCUT2D eigenvalue weighted by Crippen LogP contribution is 2.67. The van der Waals surface area contributed by atoms with Crippen molar-refractivity contribution < 1.29 is 23.9 Å². The van der Waals surface area contributed by atoms with E-state index in [0.29, 0.717) is 48.4 Å². The van der Waals surface area contributed by atoms with E-state index in [-0.39, 0.29) is 18.0 Å². The second-order valence-corrected chi connectivity index (χ2v) is 21.9. The molecule has 4 aliphatic carbocycles. The summed E-state index contributed by atoms with van der Waals surface area (Å²) in [6.45, 7) is 23.6. The average Bonchev–Trinajstić information content (AvgIpc) is 3.37. The molecule has 0 aromatic rings. The van der Waals surface area contributed by atoms with E-state index in [9.17, 15) is 14.4 Å². The summed E-state index contributed by atoms with van der Waals surface area (Å²) in [4.78, 5) is 40.2. The van der Waals surface area contributed by atoms with Gasteiger partial charge in [0.25, 0.3) is 0 Å². The molecule has 3 fully saturated rings. The fourth-order valence-electron chi connectivity index (χ4n) is 10.1. The van der Waals surface area contributed by atoms with Gasteiger partial charge in [0.2, 0.25) is 5.91 Å². The number of hydrogen-bond acceptors (Lipinski definition) is 7. The van der Waals surface area contributed by atoms with Gasteiger partial charge in [-0.3, -0.25) is 4.79 Å². The number of carbonyl (C=O) groups is 3. The predicted molar refractivity (Wildman–Crippen MR) is 217 cm³/mol. The Labute approximate surface area is 324 Å². The molecular weight excluding hydrogens is 691 g/mol. The van der Waals surface area contributed by atoms with Gasteiger partial charge in [0, 0.05) is 42.6 Å². The van der Waals surface area contributed by atoms with Gasteiger partial charge >= 0.3 is 12.2 Å². The summed E-state index contributed by atoms with van der Waals surface area (Å²) in [5.74, 6) is 4.46. The second kappa shape index (κ2) is 17.9. The number of allylic oxidation sites excluding steroid dienone is 2. The van der Waals surface area contributed by atoms with E-state index in [2.05, 4.69) is 37.5 Å². The Morgan fingerprint density at radius 3 is 2.04 bits per heavy atom. The van der Waals surface area contributed by atoms with Crippen LogP contribution in [0.3, 0.4) is 0 Å². The summed E-state index contributed by atoms with van der Waals surface area (Å²) in [5.41, 5.74) is 1.53. The topological polar surface area (TPSA) is 97.0 Å². The van der Waals surface area contributed by atoms with Crippen molar-refractivity contribution >= 4 is 39.7 Å². The number of amides is 3. The average molecular weight is 764 g/mol. The van der Waals surface area contributed by atoms with Crippen LogP contribution in [0.15, 0.2) is 11.6 Å². The third-order valence-electron chi connectivity index (χ3n) is 12.9. The summed E-state index contributed by atoms with van der Waals surface area (Å²) in [6, 6.07) is -0.309. The monoisotopic (exact) mass is 763 g/mol. The van der Waals surface area contributed by atoms with Crippen molar-refractivity contribution in [3.8, 4) is 0 Å². The molecule has 3 saturated carbocycles. The highest BCUT2D eigenvalue weighted by Gasteiger charge is 2.58. The highest BCUT2D eigenvalue weighted by atomic mass is 33.1. The maximum absolute atomic E-state index is 13.6. The molecule has 4 rings (SSSR count). The molecule has 0 spiro atoms. The number of fused-ring (bicyclic) bond motifs is 5. The molecule has 0 aliphatic heterocycles. The number of nitrogens with one attached hydrogen (secondary N) is 2. The van der Waals surface area contributed by atoms with Crippen LogP contribution in [0, 0.1) is 34.5 Å². The van der Waals surface area contributed by atoms with Crippen LogP contribution in [-0.4, -0.2) is 70.4 Å². The molecule has 9 unspecified atom stereocenters. The van der Waals surface area contributed by atoms with Gasteiger partial charge < -0.3 is 25.0 Å². The predicted octanol–water partition coefficient (Wildman–Crippen LogP) is 10.6. The van der Waals surface area contributed by atoms with Crippen molar-refractivity contribution in [1.82, 2.24) is 15.5 Å². The third kappa shape index (κ3) is 11.5. The van der Waals surface area contributed by atoms with Gasteiger partial charge in [-0.25, -0.2) is 9.59 Å². The zero-order chi connectivity index (χ0) is 38.5. The minimum atomic E-state index is -0.571. The molecule has 3 amide bonds. The molecule has 0 aromatic carbocycles. The Morgan fingerprint density at radius 1 is 0.885 bits per heavy atom. The van der Waals surface area contributed by atoms with Crippen molar-refractivity contribution in [2.75, 3.05) is 18.8 Å². The Balaban J connectivity index is 1.26. The Kier molecular flexibility index (Phi) is 14.9. The highest BCUT2D eigenvalue weighted by molar-refractivity contribution is 8.76. The van der Waals surface area contributed by atoms with Gasteiger partial charge in [-0.1, -0.05) is 60.4 Å². The van der Waals surface area contributed by atoms with E-state index in [4.69, 9.17) is 9.47 Å². The van der Waals surface area contributed by atoms with E-state index >= 15 is 0 Å². The summed E-state index contributed by atoms with van der Waals surface area (Å²) in [6.07, 6.45) is 15.6. The first kappa shape index (κ1) is 43.2. The molecule has 0 aromatic heterocycles. The molecule has 52 heavy (non-hydrogen) atoms. The van der Waals surface area contributed by atoms with Crippen molar-refractivity contribution in [1.29, 1.82) is 0 Å². The van der Waals surface area contributed by atoms with Crippen LogP contribution in [0.4, 0.5) is 9.59 Å². The molecule has 0 heterocycles. The lowest BCUT2D eigenvalue weighted by atomic mass is 9.47. The first-order valence-electron chi connectivity index (χ1n) is 20.5. The molecule has 4 aliphatic rings. The standard InChI is InChI=1S/C42H73N3O5S2/c1-12-30-14-16-34-33-15-13-31-27-32(17-22-42(31,11)35(33)18-23-41(30,34)10)52-51-26-21-36(46)45(24-19-28(2)43-37(47)49-39(4,5)6)25-20-29(3)44-38(48)50-40(7,8)9/h13,28-30,32-35H,12,14-27H2,1-11H3,(H,43,47)(H,44,48). The molecule has 8 nitrogen and oxygen atoms in total. The van der Waals surface area contributed by atoms with Crippen molar-refractivity contribution in [3.63, 3.8) is 0 Å². The quantitative estimate of drug-likeness (QED) is 0.103. The first-order valence-corrected chi connectivity index (χ1v) is 22.9. The van der Waals surface area contributed by atoms with Crippen molar-refractivity contribution in [3.05, 3.63) is 11.6 Å². The molecule has 0 radical (unpaired) electrons. The fraction of sp³-hybridized carbons (Fsp3) is 0.881. The Morgan fingerprint density at radius 2 is 1.48 bits per heavy atom. The number of carbonyl (C=O) groups excluding carboxylic acids is 3. The van der Waals surface area contributed by atoms with E-state index in [0.717, 1.165) is 29.4 Å². The van der Waals surface area contributed by atoms with Gasteiger partial charge in [0.1, 0.15) is 11.2 Å². The molecule has 2 N–H and O–H groups in total. The number of alkyl carbamates (subject to hydrolysis) is 2. The van der Waals surface area contributed by atoms with Gasteiger partial charge in [-0.2, -0.15) is 0 Å². The first-order chi connectivity index (χ1) is 24.2. The Hall–Kier alpha value is -1.55. The van der Waals surface area contributed by atoms with Crippen LogP contribution in [-0.2, 0) is 14.3 Å². The van der Waals surface area contributed by atoms with Gasteiger partial charge in [0.15, 0.2) is 0 Å². The van der Waals surface area contributed by atoms with Crippen LogP contribution in [0.5, 0.6) is 0 Å². The van der Waals surface area contributed by atoms with E-state index in [1.165, 1.54) is 57.8 Å². The smallest absolute Gasteiger partial charge is 0.407 e. The zero-order valence-corrected chi connectivity index (χ0v) is 36.2. The molecule has 10 heteroatoms. The summed E-state index contributed by atoms with van der Waals surface area (Å²) < 4.78 is 10.8. The maximum Gasteiger partial charge on any atom is 0.407 e. The lowest BCUT2D eigenvalue weighted by Crippen LogP contribution is -2.50. The fourth-order valence-corrected chi connectivity index (χ4v) is 12.8. The van der Waals surface area contributed by atoms with Crippen LogP contribution < -0.4 is 10.6 Å². The third-order valence-corrected chi connectivity index (χ3v) is 15.8. The number of ether oxygens (including phenoxy) is 2. The normalized spacial score (nSPS) is 31.2. The SMILES string of the molecule is CCC1CCC2C3CC=C4CC(SSCCC(=O)N(CCC(C)NC(=O)OC(C)(C)C)CCC(C)NC(=O)OC(C)(C)C)CCC4(C)C3CCC12C. The number of nitrogens with zero attached hydrogens (tertiary/aromatic N) is 1. The van der Waals surface area contributed by atoms with Gasteiger partial charge in [-0.05, 0) is 154 Å². The number of rotatable bonds is 14. The molecular formula is C42H73N3O5S2. The van der Waals surface area contributed by atoms with E-state index < -0.39 is 23.4 Å². The minimum Gasteiger partial charge on any atom is -0.444 e. The van der Waals surface area contributed by atoms with E-state index in [1.54, 1.807) is 5.57 Å². The largest absolute Gasteiger partial charge is 0.444 e. The van der Waals surface area contributed by atoms with Crippen LogP contribution >= 0.6 is 21.6 Å². The molecule has 9 atom stereocenters. The molecule has 0 saturated heterocycles. The van der Waals surface area contributed by atoms with E-state index in [1.807, 2.05) is 81.9 Å². The lowest BCUT2D eigenvalue weighted by Gasteiger charge is -2.58.